The first-order chi connectivity index (χ1) is 9.13. The maximum Gasteiger partial charge on any atom is 0.0334 e. The molecule has 2 N–H and O–H groups in total. The Morgan fingerprint density at radius 1 is 1.05 bits per heavy atom. The maximum absolute atomic E-state index is 6.21. The Morgan fingerprint density at radius 3 is 2.11 bits per heavy atom. The third-order valence-electron chi connectivity index (χ3n) is 6.64. The summed E-state index contributed by atoms with van der Waals surface area (Å²) in [5, 5.41) is 0. The Bertz CT molecular complexity index is 275. The molecular formula is C17H34N2. The molecule has 2 fully saturated rings. The van der Waals surface area contributed by atoms with Gasteiger partial charge in [0.15, 0.2) is 0 Å². The topological polar surface area (TPSA) is 29.3 Å². The molecule has 2 rings (SSSR count). The Kier molecular flexibility index (Phi) is 4.94. The van der Waals surface area contributed by atoms with Crippen LogP contribution >= 0.6 is 0 Å². The lowest BCUT2D eigenvalue weighted by Crippen LogP contribution is -2.56. The van der Waals surface area contributed by atoms with Crippen LogP contribution in [0, 0.1) is 11.3 Å². The second-order valence-corrected chi connectivity index (χ2v) is 7.14. The van der Waals surface area contributed by atoms with Crippen molar-refractivity contribution >= 4 is 0 Å². The van der Waals surface area contributed by atoms with Crippen molar-refractivity contribution in [1.82, 2.24) is 4.90 Å². The van der Waals surface area contributed by atoms with E-state index in [0.717, 1.165) is 12.5 Å². The molecule has 0 bridgehead atoms. The molecule has 1 aliphatic heterocycles. The van der Waals surface area contributed by atoms with Crippen LogP contribution in [0.15, 0.2) is 0 Å². The van der Waals surface area contributed by atoms with Crippen LogP contribution in [0.25, 0.3) is 0 Å². The van der Waals surface area contributed by atoms with E-state index in [1.165, 1.54) is 64.5 Å². The Labute approximate surface area is 120 Å². The Balaban J connectivity index is 2.00. The number of rotatable bonds is 5. The van der Waals surface area contributed by atoms with E-state index in [-0.39, 0.29) is 0 Å². The predicted molar refractivity (Wildman–Crippen MR) is 83.2 cm³/mol. The molecule has 0 aromatic heterocycles. The summed E-state index contributed by atoms with van der Waals surface area (Å²) in [6.45, 7) is 10.5. The third-order valence-corrected chi connectivity index (χ3v) is 6.64. The van der Waals surface area contributed by atoms with Crippen LogP contribution < -0.4 is 5.73 Å². The quantitative estimate of drug-likeness (QED) is 0.820. The minimum absolute atomic E-state index is 0.355. The number of hydrogen-bond acceptors (Lipinski definition) is 2. The lowest BCUT2D eigenvalue weighted by atomic mass is 9.73. The molecule has 0 aromatic carbocycles. The fourth-order valence-electron chi connectivity index (χ4n) is 4.58. The number of nitrogens with zero attached hydrogens (tertiary/aromatic N) is 1. The van der Waals surface area contributed by atoms with Crippen molar-refractivity contribution in [2.24, 2.45) is 17.1 Å². The maximum atomic E-state index is 6.21. The third kappa shape index (κ3) is 2.85. The molecule has 1 aliphatic carbocycles. The van der Waals surface area contributed by atoms with Crippen molar-refractivity contribution in [3.05, 3.63) is 0 Å². The van der Waals surface area contributed by atoms with E-state index in [1.54, 1.807) is 0 Å². The van der Waals surface area contributed by atoms with Crippen molar-refractivity contribution in [2.45, 2.75) is 77.7 Å². The summed E-state index contributed by atoms with van der Waals surface area (Å²) in [4.78, 5) is 2.77. The van der Waals surface area contributed by atoms with Gasteiger partial charge < -0.3 is 5.73 Å². The predicted octanol–water partition coefficient (Wildman–Crippen LogP) is 3.80. The van der Waals surface area contributed by atoms with Gasteiger partial charge in [-0.25, -0.2) is 0 Å². The average Bonchev–Trinajstić information content (AvgIpc) is 2.92. The van der Waals surface area contributed by atoms with E-state index in [9.17, 15) is 0 Å². The van der Waals surface area contributed by atoms with Gasteiger partial charge in [0, 0.05) is 12.1 Å². The van der Waals surface area contributed by atoms with E-state index in [0.29, 0.717) is 11.0 Å². The molecule has 1 saturated heterocycles. The lowest BCUT2D eigenvalue weighted by molar-refractivity contribution is 0.0170. The van der Waals surface area contributed by atoms with Gasteiger partial charge in [-0.3, -0.25) is 4.90 Å². The van der Waals surface area contributed by atoms with Gasteiger partial charge in [0.2, 0.25) is 0 Å². The highest BCUT2D eigenvalue weighted by atomic mass is 15.2. The van der Waals surface area contributed by atoms with Crippen molar-refractivity contribution in [2.75, 3.05) is 19.6 Å². The lowest BCUT2D eigenvalue weighted by Gasteiger charge is -2.49. The summed E-state index contributed by atoms with van der Waals surface area (Å²) in [5.41, 5.74) is 7.20. The molecule has 2 unspecified atom stereocenters. The first-order valence-corrected chi connectivity index (χ1v) is 8.59. The largest absolute Gasteiger partial charge is 0.329 e. The van der Waals surface area contributed by atoms with E-state index < -0.39 is 0 Å². The summed E-state index contributed by atoms with van der Waals surface area (Å²) in [6.07, 6.45) is 10.9. The minimum Gasteiger partial charge on any atom is -0.329 e. The second-order valence-electron chi connectivity index (χ2n) is 7.14. The van der Waals surface area contributed by atoms with Crippen LogP contribution in [0.1, 0.15) is 72.1 Å². The zero-order chi connectivity index (χ0) is 13.9. The summed E-state index contributed by atoms with van der Waals surface area (Å²) >= 11 is 0. The standard InChI is InChI=1S/C17H34N2/c1-4-15-7-8-17(13-15,14-18)19-11-9-16(5-2,6-3)10-12-19/h15H,4-14,18H2,1-3H3. The Morgan fingerprint density at radius 2 is 1.68 bits per heavy atom. The van der Waals surface area contributed by atoms with Crippen LogP contribution in [0.4, 0.5) is 0 Å². The molecule has 0 radical (unpaired) electrons. The van der Waals surface area contributed by atoms with Gasteiger partial charge in [0.25, 0.3) is 0 Å². The summed E-state index contributed by atoms with van der Waals surface area (Å²) in [6, 6.07) is 0. The molecule has 1 saturated carbocycles. The fourth-order valence-corrected chi connectivity index (χ4v) is 4.58. The molecule has 2 aliphatic rings. The van der Waals surface area contributed by atoms with Crippen molar-refractivity contribution in [3.63, 3.8) is 0 Å². The summed E-state index contributed by atoms with van der Waals surface area (Å²) < 4.78 is 0. The molecule has 1 heterocycles. The zero-order valence-corrected chi connectivity index (χ0v) is 13.4. The van der Waals surface area contributed by atoms with Gasteiger partial charge in [0.05, 0.1) is 0 Å². The monoisotopic (exact) mass is 266 g/mol. The first kappa shape index (κ1) is 15.3. The van der Waals surface area contributed by atoms with Gasteiger partial charge >= 0.3 is 0 Å². The Hall–Kier alpha value is -0.0800. The van der Waals surface area contributed by atoms with Crippen LogP contribution in [-0.4, -0.2) is 30.1 Å². The SMILES string of the molecule is CCC1CCC(CN)(N2CCC(CC)(CC)CC2)C1. The van der Waals surface area contributed by atoms with Gasteiger partial charge in [-0.05, 0) is 56.5 Å². The molecule has 2 atom stereocenters. The highest BCUT2D eigenvalue weighted by molar-refractivity contribution is 5.01. The molecule has 19 heavy (non-hydrogen) atoms. The van der Waals surface area contributed by atoms with Crippen LogP contribution in [0.3, 0.4) is 0 Å². The minimum atomic E-state index is 0.355. The van der Waals surface area contributed by atoms with E-state index in [2.05, 4.69) is 25.7 Å². The highest BCUT2D eigenvalue weighted by Crippen LogP contribution is 2.45. The average molecular weight is 266 g/mol. The fraction of sp³-hybridized carbons (Fsp3) is 1.00. The van der Waals surface area contributed by atoms with Crippen LogP contribution in [0.5, 0.6) is 0 Å². The normalized spacial score (nSPS) is 35.7. The van der Waals surface area contributed by atoms with Crippen molar-refractivity contribution in [1.29, 1.82) is 0 Å². The van der Waals surface area contributed by atoms with Gasteiger partial charge in [-0.1, -0.05) is 40.0 Å². The van der Waals surface area contributed by atoms with Crippen molar-refractivity contribution < 1.29 is 0 Å². The van der Waals surface area contributed by atoms with Crippen molar-refractivity contribution in [3.8, 4) is 0 Å². The smallest absolute Gasteiger partial charge is 0.0334 e. The summed E-state index contributed by atoms with van der Waals surface area (Å²) in [7, 11) is 0. The number of nitrogens with two attached hydrogens (primary N) is 1. The van der Waals surface area contributed by atoms with Gasteiger partial charge in [-0.2, -0.15) is 0 Å². The van der Waals surface area contributed by atoms with Gasteiger partial charge in [0.1, 0.15) is 0 Å². The molecular weight excluding hydrogens is 232 g/mol. The first-order valence-electron chi connectivity index (χ1n) is 8.59. The van der Waals surface area contributed by atoms with E-state index in [4.69, 9.17) is 5.73 Å². The molecule has 112 valence electrons. The van der Waals surface area contributed by atoms with E-state index in [1.807, 2.05) is 0 Å². The van der Waals surface area contributed by atoms with Crippen LogP contribution in [-0.2, 0) is 0 Å². The highest BCUT2D eigenvalue weighted by Gasteiger charge is 2.44. The number of likely N-dealkylation sites (tertiary alicyclic amines) is 1. The molecule has 0 amide bonds. The zero-order valence-electron chi connectivity index (χ0n) is 13.4. The van der Waals surface area contributed by atoms with E-state index >= 15 is 0 Å². The molecule has 2 nitrogen and oxygen atoms in total. The molecule has 2 heteroatoms. The van der Waals surface area contributed by atoms with Gasteiger partial charge in [-0.15, -0.1) is 0 Å². The summed E-state index contributed by atoms with van der Waals surface area (Å²) in [5.74, 6) is 0.924. The second kappa shape index (κ2) is 6.13. The number of piperidine rings is 1. The number of hydrogen-bond donors (Lipinski definition) is 1. The molecule has 0 aromatic rings. The van der Waals surface area contributed by atoms with Crippen LogP contribution in [0.2, 0.25) is 0 Å². The molecule has 0 spiro atoms.